The van der Waals surface area contributed by atoms with Crippen LogP contribution in [0.5, 0.6) is 0 Å². The number of nitriles is 1. The average molecular weight is 328 g/mol. The van der Waals surface area contributed by atoms with Gasteiger partial charge in [0, 0.05) is 21.7 Å². The van der Waals surface area contributed by atoms with Gasteiger partial charge in [0.25, 0.3) is 0 Å². The van der Waals surface area contributed by atoms with E-state index in [1.54, 1.807) is 18.3 Å². The van der Waals surface area contributed by atoms with Crippen LogP contribution in [-0.2, 0) is 9.53 Å². The Morgan fingerprint density at radius 1 is 1.26 bits per heavy atom. The number of rotatable bonds is 4. The van der Waals surface area contributed by atoms with Crippen molar-refractivity contribution < 1.29 is 9.53 Å². The Morgan fingerprint density at radius 3 is 2.52 bits per heavy atom. The topological polar surface area (TPSA) is 62.1 Å². The molecule has 5 heteroatoms. The summed E-state index contributed by atoms with van der Waals surface area (Å²) in [4.78, 5) is 11.7. The van der Waals surface area contributed by atoms with Crippen LogP contribution in [-0.4, -0.2) is 12.6 Å². The molecular weight excluding hydrogens is 308 g/mol. The Hall–Kier alpha value is -2.32. The molecule has 0 aliphatic carbocycles. The number of hydrogen-bond acceptors (Lipinski definition) is 5. The van der Waals surface area contributed by atoms with Gasteiger partial charge in [-0.05, 0) is 56.9 Å². The average Bonchev–Trinajstić information content (AvgIpc) is 2.96. The van der Waals surface area contributed by atoms with E-state index in [0.29, 0.717) is 0 Å². The first-order chi connectivity index (χ1) is 10.9. The van der Waals surface area contributed by atoms with Gasteiger partial charge in [-0.3, -0.25) is 0 Å². The van der Waals surface area contributed by atoms with Crippen LogP contribution in [0, 0.1) is 39.0 Å². The van der Waals surface area contributed by atoms with Gasteiger partial charge in [0.1, 0.15) is 6.07 Å². The van der Waals surface area contributed by atoms with Crippen molar-refractivity contribution in [2.75, 3.05) is 11.9 Å². The summed E-state index contributed by atoms with van der Waals surface area (Å²) in [6.45, 7) is 10.4. The molecule has 0 aliphatic heterocycles. The van der Waals surface area contributed by atoms with Gasteiger partial charge in [0.2, 0.25) is 0 Å². The number of nitrogens with zero attached hydrogens (tertiary/aromatic N) is 1. The number of benzene rings is 1. The van der Waals surface area contributed by atoms with E-state index in [1.165, 1.54) is 33.2 Å². The quantitative estimate of drug-likeness (QED) is 0.509. The van der Waals surface area contributed by atoms with Gasteiger partial charge in [-0.25, -0.2) is 4.79 Å². The molecule has 0 bridgehead atoms. The summed E-state index contributed by atoms with van der Waals surface area (Å²) in [6.07, 6.45) is 1.42. The SMILES string of the molecule is CCOC(=O)/C(C#N)=C\Nc1csc2c(C)c(C)c(C)c(C)c12. The largest absolute Gasteiger partial charge is 0.462 e. The molecule has 0 radical (unpaired) electrons. The maximum absolute atomic E-state index is 11.7. The molecule has 0 aliphatic rings. The highest BCUT2D eigenvalue weighted by Crippen LogP contribution is 2.38. The number of esters is 1. The maximum Gasteiger partial charge on any atom is 0.350 e. The first-order valence-corrected chi connectivity index (χ1v) is 8.31. The van der Waals surface area contributed by atoms with Crippen LogP contribution >= 0.6 is 11.3 Å². The van der Waals surface area contributed by atoms with Crippen molar-refractivity contribution in [3.8, 4) is 6.07 Å². The number of carbonyl (C=O) groups excluding carboxylic acids is 1. The second kappa shape index (κ2) is 6.84. The van der Waals surface area contributed by atoms with Gasteiger partial charge < -0.3 is 10.1 Å². The van der Waals surface area contributed by atoms with Crippen LogP contribution in [0.2, 0.25) is 0 Å². The lowest BCUT2D eigenvalue weighted by Gasteiger charge is -2.12. The van der Waals surface area contributed by atoms with Crippen LogP contribution in [0.25, 0.3) is 10.1 Å². The van der Waals surface area contributed by atoms with E-state index in [1.807, 2.05) is 11.4 Å². The summed E-state index contributed by atoms with van der Waals surface area (Å²) in [5.41, 5.74) is 5.94. The highest BCUT2D eigenvalue weighted by molar-refractivity contribution is 7.18. The molecule has 23 heavy (non-hydrogen) atoms. The molecule has 0 spiro atoms. The van der Waals surface area contributed by atoms with Gasteiger partial charge >= 0.3 is 5.97 Å². The van der Waals surface area contributed by atoms with E-state index in [4.69, 9.17) is 10.00 Å². The van der Waals surface area contributed by atoms with Crippen molar-refractivity contribution in [3.05, 3.63) is 39.4 Å². The summed E-state index contributed by atoms with van der Waals surface area (Å²) in [5, 5.41) is 15.3. The van der Waals surface area contributed by atoms with Crippen LogP contribution in [0.4, 0.5) is 5.69 Å². The number of thiophene rings is 1. The lowest BCUT2D eigenvalue weighted by Crippen LogP contribution is -2.07. The zero-order valence-corrected chi connectivity index (χ0v) is 14.9. The number of ether oxygens (including phenoxy) is 1. The molecule has 2 rings (SSSR count). The molecule has 0 saturated heterocycles. The Balaban J connectivity index is 2.47. The third-order valence-corrected chi connectivity index (χ3v) is 5.28. The Labute approximate surface area is 140 Å². The van der Waals surface area contributed by atoms with E-state index < -0.39 is 5.97 Å². The molecule has 4 nitrogen and oxygen atoms in total. The fourth-order valence-electron chi connectivity index (χ4n) is 2.53. The fourth-order valence-corrected chi connectivity index (χ4v) is 3.66. The molecule has 1 aromatic carbocycles. The second-order valence-corrected chi connectivity index (χ2v) is 6.27. The standard InChI is InChI=1S/C18H20N2O2S/c1-6-22-18(21)14(7-19)8-20-15-9-23-17-13(5)11(3)10(2)12(4)16(15)17/h8-9,20H,6H2,1-5H3/b14-8-. The first-order valence-electron chi connectivity index (χ1n) is 7.43. The molecule has 2 aromatic rings. The molecule has 0 fully saturated rings. The number of anilines is 1. The number of carbonyl (C=O) groups is 1. The van der Waals surface area contributed by atoms with E-state index in [-0.39, 0.29) is 12.2 Å². The first kappa shape index (κ1) is 17.0. The minimum atomic E-state index is -0.609. The van der Waals surface area contributed by atoms with Crippen molar-refractivity contribution in [1.82, 2.24) is 0 Å². The van der Waals surface area contributed by atoms with Gasteiger partial charge in [-0.1, -0.05) is 0 Å². The van der Waals surface area contributed by atoms with Crippen molar-refractivity contribution in [2.24, 2.45) is 0 Å². The molecule has 1 N–H and O–H groups in total. The van der Waals surface area contributed by atoms with Crippen molar-refractivity contribution in [3.63, 3.8) is 0 Å². The van der Waals surface area contributed by atoms with E-state index >= 15 is 0 Å². The number of nitrogens with one attached hydrogen (secondary N) is 1. The van der Waals surface area contributed by atoms with E-state index in [2.05, 4.69) is 33.0 Å². The molecule has 0 atom stereocenters. The van der Waals surface area contributed by atoms with Crippen molar-refractivity contribution in [1.29, 1.82) is 5.26 Å². The molecule has 0 saturated carbocycles. The van der Waals surface area contributed by atoms with Crippen LogP contribution in [0.1, 0.15) is 29.2 Å². The van der Waals surface area contributed by atoms with Crippen molar-refractivity contribution in [2.45, 2.75) is 34.6 Å². The zero-order valence-electron chi connectivity index (χ0n) is 14.0. The lowest BCUT2D eigenvalue weighted by molar-refractivity contribution is -0.138. The summed E-state index contributed by atoms with van der Waals surface area (Å²) in [7, 11) is 0. The molecule has 120 valence electrons. The minimum Gasteiger partial charge on any atom is -0.462 e. The monoisotopic (exact) mass is 328 g/mol. The highest BCUT2D eigenvalue weighted by atomic mass is 32.1. The maximum atomic E-state index is 11.7. The molecular formula is C18H20N2O2S. The zero-order chi connectivity index (χ0) is 17.1. The Bertz CT molecular complexity index is 841. The van der Waals surface area contributed by atoms with Crippen LogP contribution in [0.15, 0.2) is 17.2 Å². The lowest BCUT2D eigenvalue weighted by atomic mass is 9.96. The number of fused-ring (bicyclic) bond motifs is 1. The van der Waals surface area contributed by atoms with Crippen molar-refractivity contribution >= 4 is 33.1 Å². The van der Waals surface area contributed by atoms with E-state index in [0.717, 1.165) is 11.1 Å². The number of aryl methyl sites for hydroxylation is 2. The van der Waals surface area contributed by atoms with Crippen LogP contribution < -0.4 is 5.32 Å². The Morgan fingerprint density at radius 2 is 1.91 bits per heavy atom. The summed E-state index contributed by atoms with van der Waals surface area (Å²) in [6, 6.07) is 1.87. The predicted molar refractivity (Wildman–Crippen MR) is 94.7 cm³/mol. The third-order valence-electron chi connectivity index (χ3n) is 4.18. The molecule has 0 amide bonds. The highest BCUT2D eigenvalue weighted by Gasteiger charge is 2.15. The Kier molecular flexibility index (Phi) is 5.07. The van der Waals surface area contributed by atoms with E-state index in [9.17, 15) is 4.79 Å². The second-order valence-electron chi connectivity index (χ2n) is 5.39. The number of hydrogen-bond donors (Lipinski definition) is 1. The predicted octanol–water partition coefficient (Wildman–Crippen LogP) is 4.52. The minimum absolute atomic E-state index is 0.0376. The molecule has 0 unspecified atom stereocenters. The molecule has 1 heterocycles. The van der Waals surface area contributed by atoms with Gasteiger partial charge in [0.05, 0.1) is 12.3 Å². The van der Waals surface area contributed by atoms with Gasteiger partial charge in [-0.2, -0.15) is 5.26 Å². The fraction of sp³-hybridized carbons (Fsp3) is 0.333. The summed E-state index contributed by atoms with van der Waals surface area (Å²) >= 11 is 1.66. The normalized spacial score (nSPS) is 11.4. The summed E-state index contributed by atoms with van der Waals surface area (Å²) in [5.74, 6) is -0.609. The summed E-state index contributed by atoms with van der Waals surface area (Å²) < 4.78 is 6.10. The van der Waals surface area contributed by atoms with Gasteiger partial charge in [0.15, 0.2) is 5.57 Å². The van der Waals surface area contributed by atoms with Gasteiger partial charge in [-0.15, -0.1) is 11.3 Å². The van der Waals surface area contributed by atoms with Crippen LogP contribution in [0.3, 0.4) is 0 Å². The third kappa shape index (κ3) is 3.08. The smallest absolute Gasteiger partial charge is 0.350 e. The molecule has 1 aromatic heterocycles.